The average molecular weight is 439 g/mol. The number of aryl methyl sites for hydroxylation is 1. The Kier molecular flexibility index (Phi) is 6.33. The van der Waals surface area contributed by atoms with E-state index in [1.54, 1.807) is 12.1 Å². The number of hydrogen-bond acceptors (Lipinski definition) is 3. The number of nitrogens with one attached hydrogen (secondary N) is 1. The summed E-state index contributed by atoms with van der Waals surface area (Å²) in [6, 6.07) is 20.1. The average Bonchev–Trinajstić information content (AvgIpc) is 3.05. The number of ether oxygens (including phenoxy) is 1. The summed E-state index contributed by atoms with van der Waals surface area (Å²) in [6.45, 7) is 3.44. The number of carbonyl (C=O) groups is 1. The van der Waals surface area contributed by atoms with E-state index >= 15 is 0 Å². The van der Waals surface area contributed by atoms with Crippen molar-refractivity contribution in [1.82, 2.24) is 5.32 Å². The van der Waals surface area contributed by atoms with Crippen LogP contribution in [-0.4, -0.2) is 12.1 Å². The highest BCUT2D eigenvalue weighted by Crippen LogP contribution is 2.33. The summed E-state index contributed by atoms with van der Waals surface area (Å²) in [5.74, 6) is -0.353. The third-order valence-corrected chi connectivity index (χ3v) is 5.70. The van der Waals surface area contributed by atoms with E-state index in [1.807, 2.05) is 25.1 Å². The quantitative estimate of drug-likeness (QED) is 0.507. The fourth-order valence-electron chi connectivity index (χ4n) is 4.34. The summed E-state index contributed by atoms with van der Waals surface area (Å²) >= 11 is 0. The molecule has 1 N–H and O–H groups in total. The molecule has 0 saturated carbocycles. The SMILES string of the molecule is Cc1cc(CNCc2ccccc2)cc2c1C(=O)C(Cc1ccc(OC(F)(F)F)cc1)C2. The Morgan fingerprint density at radius 1 is 0.938 bits per heavy atom. The van der Waals surface area contributed by atoms with Crippen LogP contribution in [0.15, 0.2) is 66.7 Å². The standard InChI is InChI=1S/C26H24F3NO2/c1-17-11-20(16-30-15-19-5-3-2-4-6-19)13-21-14-22(25(31)24(17)21)12-18-7-9-23(10-8-18)32-26(27,28)29/h2-11,13,22,30H,12,14-16H2,1H3. The Bertz CT molecular complexity index is 1090. The van der Waals surface area contributed by atoms with E-state index in [-0.39, 0.29) is 17.5 Å². The molecule has 0 aliphatic heterocycles. The Labute approximate surface area is 185 Å². The first-order valence-electron chi connectivity index (χ1n) is 10.5. The van der Waals surface area contributed by atoms with Gasteiger partial charge in [-0.15, -0.1) is 13.2 Å². The molecule has 3 aromatic rings. The van der Waals surface area contributed by atoms with Gasteiger partial charge in [0.05, 0.1) is 0 Å². The maximum Gasteiger partial charge on any atom is 0.573 e. The molecular weight excluding hydrogens is 415 g/mol. The lowest BCUT2D eigenvalue weighted by Crippen LogP contribution is -2.17. The topological polar surface area (TPSA) is 38.3 Å². The molecule has 0 spiro atoms. The van der Waals surface area contributed by atoms with Crippen molar-refractivity contribution in [2.24, 2.45) is 5.92 Å². The maximum atomic E-state index is 13.0. The van der Waals surface area contributed by atoms with E-state index in [0.29, 0.717) is 19.4 Å². The van der Waals surface area contributed by atoms with Gasteiger partial charge >= 0.3 is 6.36 Å². The van der Waals surface area contributed by atoms with Crippen molar-refractivity contribution in [2.75, 3.05) is 0 Å². The molecule has 4 rings (SSSR count). The molecule has 0 aromatic heterocycles. The summed E-state index contributed by atoms with van der Waals surface area (Å²) in [4.78, 5) is 13.0. The van der Waals surface area contributed by atoms with Gasteiger partial charge in [0, 0.05) is 24.6 Å². The normalized spacial score (nSPS) is 15.6. The largest absolute Gasteiger partial charge is 0.573 e. The molecule has 0 fully saturated rings. The zero-order valence-corrected chi connectivity index (χ0v) is 17.7. The molecule has 0 radical (unpaired) electrons. The van der Waals surface area contributed by atoms with Gasteiger partial charge in [0.15, 0.2) is 5.78 Å². The van der Waals surface area contributed by atoms with Gasteiger partial charge in [-0.2, -0.15) is 0 Å². The van der Waals surface area contributed by atoms with Crippen LogP contribution in [0.2, 0.25) is 0 Å². The highest BCUT2D eigenvalue weighted by atomic mass is 19.4. The van der Waals surface area contributed by atoms with Crippen molar-refractivity contribution in [2.45, 2.75) is 39.2 Å². The second-order valence-electron chi connectivity index (χ2n) is 8.20. The van der Waals surface area contributed by atoms with Crippen molar-refractivity contribution in [3.63, 3.8) is 0 Å². The monoisotopic (exact) mass is 439 g/mol. The number of ketones is 1. The second-order valence-corrected chi connectivity index (χ2v) is 8.20. The van der Waals surface area contributed by atoms with Gasteiger partial charge in [0.1, 0.15) is 5.75 Å². The highest BCUT2D eigenvalue weighted by Gasteiger charge is 2.33. The van der Waals surface area contributed by atoms with Crippen LogP contribution < -0.4 is 10.1 Å². The zero-order valence-electron chi connectivity index (χ0n) is 17.7. The predicted molar refractivity (Wildman–Crippen MR) is 117 cm³/mol. The lowest BCUT2D eigenvalue weighted by Gasteiger charge is -2.11. The number of hydrogen-bond donors (Lipinski definition) is 1. The Balaban J connectivity index is 1.40. The summed E-state index contributed by atoms with van der Waals surface area (Å²) in [7, 11) is 0. The molecule has 0 bridgehead atoms. The predicted octanol–water partition coefficient (Wildman–Crippen LogP) is 5.78. The van der Waals surface area contributed by atoms with E-state index in [2.05, 4.69) is 34.3 Å². The number of Topliss-reactive ketones (excluding diaryl/α,β-unsaturated/α-hetero) is 1. The lowest BCUT2D eigenvalue weighted by molar-refractivity contribution is -0.274. The van der Waals surface area contributed by atoms with Crippen LogP contribution in [0.25, 0.3) is 0 Å². The van der Waals surface area contributed by atoms with Crippen LogP contribution in [0.1, 0.15) is 38.2 Å². The molecular formula is C26H24F3NO2. The first kappa shape index (κ1) is 22.1. The van der Waals surface area contributed by atoms with Crippen molar-refractivity contribution in [3.8, 4) is 5.75 Å². The molecule has 0 saturated heterocycles. The van der Waals surface area contributed by atoms with Crippen LogP contribution in [0.4, 0.5) is 13.2 Å². The minimum atomic E-state index is -4.71. The first-order chi connectivity index (χ1) is 15.3. The summed E-state index contributed by atoms with van der Waals surface area (Å²) in [6.07, 6.45) is -3.58. The number of rotatable bonds is 7. The molecule has 6 heteroatoms. The summed E-state index contributed by atoms with van der Waals surface area (Å²) in [5.41, 5.74) is 5.98. The first-order valence-corrected chi connectivity index (χ1v) is 10.5. The Morgan fingerprint density at radius 3 is 2.31 bits per heavy atom. The van der Waals surface area contributed by atoms with E-state index in [1.165, 1.54) is 17.7 Å². The molecule has 3 nitrogen and oxygen atoms in total. The summed E-state index contributed by atoms with van der Waals surface area (Å²) < 4.78 is 40.9. The second kappa shape index (κ2) is 9.17. The Hall–Kier alpha value is -3.12. The van der Waals surface area contributed by atoms with Gasteiger partial charge in [-0.25, -0.2) is 0 Å². The smallest absolute Gasteiger partial charge is 0.406 e. The molecule has 3 aromatic carbocycles. The zero-order chi connectivity index (χ0) is 22.7. The molecule has 1 aliphatic carbocycles. The molecule has 0 heterocycles. The van der Waals surface area contributed by atoms with Gasteiger partial charge in [0.25, 0.3) is 0 Å². The molecule has 1 aliphatic rings. The number of carbonyl (C=O) groups excluding carboxylic acids is 1. The number of alkyl halides is 3. The maximum absolute atomic E-state index is 13.0. The van der Waals surface area contributed by atoms with E-state index in [0.717, 1.165) is 34.4 Å². The minimum absolute atomic E-state index is 0.108. The number of benzene rings is 3. The fourth-order valence-corrected chi connectivity index (χ4v) is 4.34. The van der Waals surface area contributed by atoms with Crippen LogP contribution in [0, 0.1) is 12.8 Å². The van der Waals surface area contributed by atoms with Gasteiger partial charge in [-0.1, -0.05) is 54.6 Å². The van der Waals surface area contributed by atoms with Crippen LogP contribution in [0.3, 0.4) is 0 Å². The van der Waals surface area contributed by atoms with E-state index < -0.39 is 6.36 Å². The van der Waals surface area contributed by atoms with Crippen LogP contribution in [-0.2, 0) is 25.9 Å². The van der Waals surface area contributed by atoms with Gasteiger partial charge in [0.2, 0.25) is 0 Å². The van der Waals surface area contributed by atoms with Crippen molar-refractivity contribution in [1.29, 1.82) is 0 Å². The van der Waals surface area contributed by atoms with Gasteiger partial charge in [-0.05, 0) is 59.7 Å². The Morgan fingerprint density at radius 2 is 1.62 bits per heavy atom. The summed E-state index contributed by atoms with van der Waals surface area (Å²) in [5, 5.41) is 3.44. The van der Waals surface area contributed by atoms with E-state index in [4.69, 9.17) is 0 Å². The minimum Gasteiger partial charge on any atom is -0.406 e. The molecule has 1 atom stereocenters. The van der Waals surface area contributed by atoms with Crippen LogP contribution >= 0.6 is 0 Å². The van der Waals surface area contributed by atoms with Crippen LogP contribution in [0.5, 0.6) is 5.75 Å². The van der Waals surface area contributed by atoms with Crippen molar-refractivity contribution < 1.29 is 22.7 Å². The third-order valence-electron chi connectivity index (χ3n) is 5.70. The highest BCUT2D eigenvalue weighted by molar-refractivity contribution is 6.03. The van der Waals surface area contributed by atoms with Crippen molar-refractivity contribution in [3.05, 3.63) is 100 Å². The molecule has 1 unspecified atom stereocenters. The molecule has 166 valence electrons. The van der Waals surface area contributed by atoms with Gasteiger partial charge < -0.3 is 10.1 Å². The number of fused-ring (bicyclic) bond motifs is 1. The number of halogens is 3. The third kappa shape index (κ3) is 5.37. The lowest BCUT2D eigenvalue weighted by atomic mass is 9.95. The van der Waals surface area contributed by atoms with Crippen molar-refractivity contribution >= 4 is 5.78 Å². The molecule has 0 amide bonds. The van der Waals surface area contributed by atoms with E-state index in [9.17, 15) is 18.0 Å². The molecule has 32 heavy (non-hydrogen) atoms. The fraction of sp³-hybridized carbons (Fsp3) is 0.269. The van der Waals surface area contributed by atoms with Gasteiger partial charge in [-0.3, -0.25) is 4.79 Å².